The first-order chi connectivity index (χ1) is 12.3. The molecule has 0 bridgehead atoms. The second kappa shape index (κ2) is 9.38. The maximum Gasteiger partial charge on any atom is 0.262 e. The molecular formula is C20H23BrN2O3. The van der Waals surface area contributed by atoms with Crippen molar-refractivity contribution in [2.24, 2.45) is 0 Å². The van der Waals surface area contributed by atoms with Gasteiger partial charge in [0.15, 0.2) is 6.61 Å². The van der Waals surface area contributed by atoms with Crippen LogP contribution in [0.2, 0.25) is 0 Å². The van der Waals surface area contributed by atoms with E-state index >= 15 is 0 Å². The van der Waals surface area contributed by atoms with E-state index in [-0.39, 0.29) is 18.4 Å². The van der Waals surface area contributed by atoms with Crippen molar-refractivity contribution >= 4 is 33.4 Å². The van der Waals surface area contributed by atoms with E-state index in [0.29, 0.717) is 24.3 Å². The van der Waals surface area contributed by atoms with Gasteiger partial charge >= 0.3 is 0 Å². The quantitative estimate of drug-likeness (QED) is 0.743. The summed E-state index contributed by atoms with van der Waals surface area (Å²) in [6, 6.07) is 13.1. The average molecular weight is 419 g/mol. The second-order valence-corrected chi connectivity index (χ2v) is 7.15. The second-order valence-electron chi connectivity index (χ2n) is 6.23. The van der Waals surface area contributed by atoms with E-state index in [9.17, 15) is 9.59 Å². The first-order valence-electron chi connectivity index (χ1n) is 8.33. The van der Waals surface area contributed by atoms with E-state index in [0.717, 1.165) is 15.6 Å². The first kappa shape index (κ1) is 20.0. The summed E-state index contributed by atoms with van der Waals surface area (Å²) >= 11 is 3.40. The molecule has 6 heteroatoms. The largest absolute Gasteiger partial charge is 0.483 e. The van der Waals surface area contributed by atoms with Crippen LogP contribution in [0, 0.1) is 6.92 Å². The third-order valence-corrected chi connectivity index (χ3v) is 4.35. The maximum absolute atomic E-state index is 12.0. The van der Waals surface area contributed by atoms with E-state index < -0.39 is 0 Å². The number of benzene rings is 2. The zero-order valence-corrected chi connectivity index (χ0v) is 16.8. The minimum Gasteiger partial charge on any atom is -0.483 e. The number of nitrogens with zero attached hydrogens (tertiary/aromatic N) is 1. The fourth-order valence-electron chi connectivity index (χ4n) is 2.34. The van der Waals surface area contributed by atoms with Gasteiger partial charge in [-0.25, -0.2) is 0 Å². The molecule has 0 spiro atoms. The molecule has 2 aromatic carbocycles. The van der Waals surface area contributed by atoms with Gasteiger partial charge in [0.1, 0.15) is 5.75 Å². The van der Waals surface area contributed by atoms with Gasteiger partial charge in [0.05, 0.1) is 0 Å². The third kappa shape index (κ3) is 6.19. The summed E-state index contributed by atoms with van der Waals surface area (Å²) in [5.74, 6) is 0.565. The maximum atomic E-state index is 12.0. The molecule has 0 radical (unpaired) electrons. The standard InChI is InChI=1S/C20H23BrN2O3/c1-14-12-16(21)7-10-18(14)26-13-19(24)22-17-8-4-15(5-9-17)6-11-20(25)23(2)3/h4-5,7-10,12H,6,11,13H2,1-3H3,(H,22,24). The predicted molar refractivity (Wildman–Crippen MR) is 106 cm³/mol. The van der Waals surface area contributed by atoms with Gasteiger partial charge in [0.2, 0.25) is 5.91 Å². The minimum absolute atomic E-state index is 0.0540. The fourth-order valence-corrected chi connectivity index (χ4v) is 2.82. The molecule has 0 aromatic heterocycles. The topological polar surface area (TPSA) is 58.6 Å². The molecule has 0 heterocycles. The molecule has 0 fully saturated rings. The van der Waals surface area contributed by atoms with Crippen LogP contribution in [-0.4, -0.2) is 37.4 Å². The summed E-state index contributed by atoms with van der Waals surface area (Å²) in [6.07, 6.45) is 1.15. The van der Waals surface area contributed by atoms with Crippen molar-refractivity contribution in [2.45, 2.75) is 19.8 Å². The van der Waals surface area contributed by atoms with Crippen molar-refractivity contribution in [1.29, 1.82) is 0 Å². The first-order valence-corrected chi connectivity index (χ1v) is 9.12. The van der Waals surface area contributed by atoms with Crippen LogP contribution >= 0.6 is 15.9 Å². The van der Waals surface area contributed by atoms with Crippen LogP contribution in [0.25, 0.3) is 0 Å². The van der Waals surface area contributed by atoms with Crippen LogP contribution in [0.3, 0.4) is 0 Å². The lowest BCUT2D eigenvalue weighted by molar-refractivity contribution is -0.128. The molecule has 2 amide bonds. The van der Waals surface area contributed by atoms with Crippen LogP contribution in [0.1, 0.15) is 17.5 Å². The Kier molecular flexibility index (Phi) is 7.21. The van der Waals surface area contributed by atoms with Crippen molar-refractivity contribution in [3.8, 4) is 5.75 Å². The molecule has 0 aliphatic heterocycles. The van der Waals surface area contributed by atoms with Gasteiger partial charge in [-0.1, -0.05) is 28.1 Å². The SMILES string of the molecule is Cc1cc(Br)ccc1OCC(=O)Nc1ccc(CCC(=O)N(C)C)cc1. The summed E-state index contributed by atoms with van der Waals surface area (Å²) in [4.78, 5) is 25.2. The van der Waals surface area contributed by atoms with E-state index in [1.54, 1.807) is 19.0 Å². The number of carbonyl (C=O) groups is 2. The number of hydrogen-bond donors (Lipinski definition) is 1. The summed E-state index contributed by atoms with van der Waals surface area (Å²) in [7, 11) is 3.50. The lowest BCUT2D eigenvalue weighted by Gasteiger charge is -2.11. The molecule has 0 atom stereocenters. The van der Waals surface area contributed by atoms with Gasteiger partial charge in [-0.3, -0.25) is 9.59 Å². The van der Waals surface area contributed by atoms with Crippen LogP contribution in [-0.2, 0) is 16.0 Å². The number of halogens is 1. The Morgan fingerprint density at radius 3 is 2.42 bits per heavy atom. The van der Waals surface area contributed by atoms with Crippen LogP contribution in [0.5, 0.6) is 5.75 Å². The van der Waals surface area contributed by atoms with Crippen LogP contribution in [0.15, 0.2) is 46.9 Å². The molecule has 1 N–H and O–H groups in total. The van der Waals surface area contributed by atoms with Crippen molar-refractivity contribution in [3.63, 3.8) is 0 Å². The number of nitrogens with one attached hydrogen (secondary N) is 1. The summed E-state index contributed by atoms with van der Waals surface area (Å²) < 4.78 is 6.53. The minimum atomic E-state index is -0.220. The predicted octanol–water partition coefficient (Wildman–Crippen LogP) is 3.80. The molecule has 0 saturated heterocycles. The van der Waals surface area contributed by atoms with E-state index in [1.807, 2.05) is 49.4 Å². The van der Waals surface area contributed by atoms with Crippen LogP contribution in [0.4, 0.5) is 5.69 Å². The van der Waals surface area contributed by atoms with Crippen LogP contribution < -0.4 is 10.1 Å². The summed E-state index contributed by atoms with van der Waals surface area (Å²) in [5.41, 5.74) is 2.72. The average Bonchev–Trinajstić information content (AvgIpc) is 2.60. The highest BCUT2D eigenvalue weighted by Crippen LogP contribution is 2.22. The van der Waals surface area contributed by atoms with Gasteiger partial charge in [0.25, 0.3) is 5.91 Å². The van der Waals surface area contributed by atoms with Gasteiger partial charge < -0.3 is 15.0 Å². The molecule has 0 aliphatic carbocycles. The van der Waals surface area contributed by atoms with E-state index in [2.05, 4.69) is 21.2 Å². The van der Waals surface area contributed by atoms with Crippen molar-refractivity contribution in [1.82, 2.24) is 4.90 Å². The Morgan fingerprint density at radius 1 is 1.12 bits per heavy atom. The van der Waals surface area contributed by atoms with E-state index in [1.165, 1.54) is 0 Å². The fraction of sp³-hybridized carbons (Fsp3) is 0.300. The monoisotopic (exact) mass is 418 g/mol. The Labute approximate surface area is 162 Å². The highest BCUT2D eigenvalue weighted by atomic mass is 79.9. The van der Waals surface area contributed by atoms with Gasteiger partial charge in [-0.05, 0) is 54.8 Å². The Morgan fingerprint density at radius 2 is 1.81 bits per heavy atom. The molecule has 0 saturated carbocycles. The highest BCUT2D eigenvalue weighted by Gasteiger charge is 2.07. The molecule has 5 nitrogen and oxygen atoms in total. The van der Waals surface area contributed by atoms with E-state index in [4.69, 9.17) is 4.74 Å². The molecule has 2 rings (SSSR count). The van der Waals surface area contributed by atoms with Gasteiger partial charge in [-0.15, -0.1) is 0 Å². The van der Waals surface area contributed by atoms with Crippen molar-refractivity contribution in [2.75, 3.05) is 26.0 Å². The Hall–Kier alpha value is -2.34. The molecule has 26 heavy (non-hydrogen) atoms. The number of aryl methyl sites for hydroxylation is 2. The number of hydrogen-bond acceptors (Lipinski definition) is 3. The number of anilines is 1. The molecule has 0 aliphatic rings. The molecule has 138 valence electrons. The van der Waals surface area contributed by atoms with Gasteiger partial charge in [0, 0.05) is 30.7 Å². The molecular weight excluding hydrogens is 396 g/mol. The zero-order valence-electron chi connectivity index (χ0n) is 15.2. The lowest BCUT2D eigenvalue weighted by atomic mass is 10.1. The highest BCUT2D eigenvalue weighted by molar-refractivity contribution is 9.10. The zero-order chi connectivity index (χ0) is 19.1. The smallest absolute Gasteiger partial charge is 0.262 e. The summed E-state index contributed by atoms with van der Waals surface area (Å²) in [5, 5.41) is 2.80. The lowest BCUT2D eigenvalue weighted by Crippen LogP contribution is -2.21. The number of amides is 2. The third-order valence-electron chi connectivity index (χ3n) is 3.86. The number of rotatable bonds is 7. The van der Waals surface area contributed by atoms with Gasteiger partial charge in [-0.2, -0.15) is 0 Å². The van der Waals surface area contributed by atoms with Crippen molar-refractivity contribution in [3.05, 3.63) is 58.1 Å². The molecule has 0 unspecified atom stereocenters. The number of ether oxygens (including phenoxy) is 1. The molecule has 2 aromatic rings. The summed E-state index contributed by atoms with van der Waals surface area (Å²) in [6.45, 7) is 1.87. The van der Waals surface area contributed by atoms with Crippen molar-refractivity contribution < 1.29 is 14.3 Å². The Bertz CT molecular complexity index is 773. The normalized spacial score (nSPS) is 10.3. The number of carbonyl (C=O) groups excluding carboxylic acids is 2. The Balaban J connectivity index is 1.82.